The number of aromatic nitrogens is 1. The predicted octanol–water partition coefficient (Wildman–Crippen LogP) is 1.65. The summed E-state index contributed by atoms with van der Waals surface area (Å²) in [5, 5.41) is 2.80. The SMILES string of the molecule is CCC1C(=O)NCCN1C(=O)c1ccc2ncsc2c1. The Morgan fingerprint density at radius 3 is 3.20 bits per heavy atom. The summed E-state index contributed by atoms with van der Waals surface area (Å²) in [5.74, 6) is -0.145. The molecular weight excluding hydrogens is 274 g/mol. The van der Waals surface area contributed by atoms with E-state index in [1.165, 1.54) is 11.3 Å². The molecular formula is C14H15N3O2S. The van der Waals surface area contributed by atoms with E-state index in [2.05, 4.69) is 10.3 Å². The fourth-order valence-corrected chi connectivity index (χ4v) is 3.23. The minimum atomic E-state index is -0.367. The molecule has 1 aliphatic heterocycles. The van der Waals surface area contributed by atoms with E-state index in [1.54, 1.807) is 16.5 Å². The maximum Gasteiger partial charge on any atom is 0.254 e. The van der Waals surface area contributed by atoms with Crippen LogP contribution < -0.4 is 5.32 Å². The molecule has 1 aliphatic rings. The van der Waals surface area contributed by atoms with Gasteiger partial charge in [0.15, 0.2) is 0 Å². The molecule has 2 aromatic rings. The number of nitrogens with one attached hydrogen (secondary N) is 1. The van der Waals surface area contributed by atoms with Crippen molar-refractivity contribution < 1.29 is 9.59 Å². The van der Waals surface area contributed by atoms with Gasteiger partial charge in [-0.1, -0.05) is 6.92 Å². The first-order valence-corrected chi connectivity index (χ1v) is 7.50. The summed E-state index contributed by atoms with van der Waals surface area (Å²) in [6.45, 7) is 3.00. The number of piperazine rings is 1. The van der Waals surface area contributed by atoms with Crippen molar-refractivity contribution in [3.05, 3.63) is 29.3 Å². The third-order valence-electron chi connectivity index (χ3n) is 3.56. The van der Waals surface area contributed by atoms with Crippen molar-refractivity contribution >= 4 is 33.4 Å². The van der Waals surface area contributed by atoms with Gasteiger partial charge >= 0.3 is 0 Å². The van der Waals surface area contributed by atoms with Gasteiger partial charge < -0.3 is 10.2 Å². The second kappa shape index (κ2) is 5.20. The summed E-state index contributed by atoms with van der Waals surface area (Å²) >= 11 is 1.51. The zero-order valence-corrected chi connectivity index (χ0v) is 11.9. The topological polar surface area (TPSA) is 62.3 Å². The summed E-state index contributed by atoms with van der Waals surface area (Å²) in [7, 11) is 0. The number of amides is 2. The first-order valence-electron chi connectivity index (χ1n) is 6.62. The van der Waals surface area contributed by atoms with E-state index in [0.717, 1.165) is 10.2 Å². The van der Waals surface area contributed by atoms with Gasteiger partial charge in [0.2, 0.25) is 5.91 Å². The Labute approximate surface area is 120 Å². The van der Waals surface area contributed by atoms with Crippen LogP contribution in [0.15, 0.2) is 23.7 Å². The molecule has 3 rings (SSSR count). The molecule has 1 aromatic carbocycles. The molecule has 20 heavy (non-hydrogen) atoms. The molecule has 104 valence electrons. The smallest absolute Gasteiger partial charge is 0.254 e. The number of carbonyl (C=O) groups is 2. The standard InChI is InChI=1S/C14H15N3O2S/c1-2-11-13(18)15-5-6-17(11)14(19)9-3-4-10-12(7-9)20-8-16-10/h3-4,7-8,11H,2,5-6H2,1H3,(H,15,18). The molecule has 1 N–H and O–H groups in total. The molecule has 1 aromatic heterocycles. The van der Waals surface area contributed by atoms with Crippen LogP contribution in [0.25, 0.3) is 10.2 Å². The van der Waals surface area contributed by atoms with E-state index in [4.69, 9.17) is 0 Å². The molecule has 5 nitrogen and oxygen atoms in total. The van der Waals surface area contributed by atoms with Crippen molar-refractivity contribution in [2.75, 3.05) is 13.1 Å². The second-order valence-corrected chi connectivity index (χ2v) is 5.63. The fourth-order valence-electron chi connectivity index (χ4n) is 2.52. The van der Waals surface area contributed by atoms with Crippen molar-refractivity contribution in [1.82, 2.24) is 15.2 Å². The third kappa shape index (κ3) is 2.16. The molecule has 2 amide bonds. The monoisotopic (exact) mass is 289 g/mol. The molecule has 0 bridgehead atoms. The van der Waals surface area contributed by atoms with E-state index in [9.17, 15) is 9.59 Å². The highest BCUT2D eigenvalue weighted by Crippen LogP contribution is 2.21. The first-order chi connectivity index (χ1) is 9.70. The molecule has 0 radical (unpaired) electrons. The van der Waals surface area contributed by atoms with Gasteiger partial charge in [0.25, 0.3) is 5.91 Å². The van der Waals surface area contributed by atoms with Crippen molar-refractivity contribution in [1.29, 1.82) is 0 Å². The first kappa shape index (κ1) is 13.1. The maximum absolute atomic E-state index is 12.6. The van der Waals surface area contributed by atoms with Crippen LogP contribution in [0.1, 0.15) is 23.7 Å². The number of carbonyl (C=O) groups excluding carboxylic acids is 2. The van der Waals surface area contributed by atoms with Crippen LogP contribution in [-0.2, 0) is 4.79 Å². The van der Waals surface area contributed by atoms with Gasteiger partial charge in [0.05, 0.1) is 15.7 Å². The molecule has 6 heteroatoms. The Hall–Kier alpha value is -1.95. The third-order valence-corrected chi connectivity index (χ3v) is 4.35. The lowest BCUT2D eigenvalue weighted by Crippen LogP contribution is -2.56. The Morgan fingerprint density at radius 2 is 2.40 bits per heavy atom. The lowest BCUT2D eigenvalue weighted by atomic mass is 10.1. The van der Waals surface area contributed by atoms with Crippen LogP contribution in [0.4, 0.5) is 0 Å². The van der Waals surface area contributed by atoms with E-state index in [-0.39, 0.29) is 17.9 Å². The van der Waals surface area contributed by atoms with Gasteiger partial charge in [-0.05, 0) is 24.6 Å². The van der Waals surface area contributed by atoms with E-state index in [0.29, 0.717) is 25.1 Å². The van der Waals surface area contributed by atoms with E-state index >= 15 is 0 Å². The fraction of sp³-hybridized carbons (Fsp3) is 0.357. The highest BCUT2D eigenvalue weighted by Gasteiger charge is 2.32. The molecule has 0 spiro atoms. The lowest BCUT2D eigenvalue weighted by Gasteiger charge is -2.34. The lowest BCUT2D eigenvalue weighted by molar-refractivity contribution is -0.127. The predicted molar refractivity (Wildman–Crippen MR) is 77.7 cm³/mol. The van der Waals surface area contributed by atoms with Gasteiger partial charge in [0, 0.05) is 18.7 Å². The van der Waals surface area contributed by atoms with Gasteiger partial charge in [-0.25, -0.2) is 4.98 Å². The largest absolute Gasteiger partial charge is 0.353 e. The maximum atomic E-state index is 12.6. The number of nitrogens with zero attached hydrogens (tertiary/aromatic N) is 2. The molecule has 0 aliphatic carbocycles. The van der Waals surface area contributed by atoms with E-state index in [1.807, 2.05) is 19.1 Å². The number of thiazole rings is 1. The van der Waals surface area contributed by atoms with Crippen LogP contribution in [-0.4, -0.2) is 40.8 Å². The number of fused-ring (bicyclic) bond motifs is 1. The van der Waals surface area contributed by atoms with Gasteiger partial charge in [-0.15, -0.1) is 11.3 Å². The summed E-state index contributed by atoms with van der Waals surface area (Å²) < 4.78 is 0.991. The Balaban J connectivity index is 1.92. The van der Waals surface area contributed by atoms with Crippen LogP contribution in [0, 0.1) is 0 Å². The van der Waals surface area contributed by atoms with Crippen molar-refractivity contribution in [3.8, 4) is 0 Å². The second-order valence-electron chi connectivity index (χ2n) is 4.75. The molecule has 1 unspecified atom stereocenters. The van der Waals surface area contributed by atoms with Crippen LogP contribution in [0.3, 0.4) is 0 Å². The normalized spacial score (nSPS) is 19.1. The Morgan fingerprint density at radius 1 is 1.55 bits per heavy atom. The minimum Gasteiger partial charge on any atom is -0.353 e. The average molecular weight is 289 g/mol. The number of benzene rings is 1. The molecule has 1 fully saturated rings. The Bertz CT molecular complexity index is 667. The molecule has 0 saturated carbocycles. The summed E-state index contributed by atoms with van der Waals surface area (Å²) in [4.78, 5) is 30.3. The minimum absolute atomic E-state index is 0.0639. The summed E-state index contributed by atoms with van der Waals surface area (Å²) in [6.07, 6.45) is 0.625. The molecule has 1 atom stereocenters. The van der Waals surface area contributed by atoms with Crippen LogP contribution in [0.5, 0.6) is 0 Å². The number of rotatable bonds is 2. The number of hydrogen-bond acceptors (Lipinski definition) is 4. The molecule has 2 heterocycles. The quantitative estimate of drug-likeness (QED) is 0.914. The van der Waals surface area contributed by atoms with E-state index < -0.39 is 0 Å². The summed E-state index contributed by atoms with van der Waals surface area (Å²) in [5.41, 5.74) is 3.28. The Kier molecular flexibility index (Phi) is 3.40. The van der Waals surface area contributed by atoms with Crippen molar-refractivity contribution in [2.24, 2.45) is 0 Å². The zero-order valence-electron chi connectivity index (χ0n) is 11.1. The highest BCUT2D eigenvalue weighted by atomic mass is 32.1. The highest BCUT2D eigenvalue weighted by molar-refractivity contribution is 7.16. The van der Waals surface area contributed by atoms with Gasteiger partial charge in [-0.3, -0.25) is 9.59 Å². The van der Waals surface area contributed by atoms with Crippen LogP contribution >= 0.6 is 11.3 Å². The number of hydrogen-bond donors (Lipinski definition) is 1. The van der Waals surface area contributed by atoms with Gasteiger partial charge in [0.1, 0.15) is 6.04 Å². The zero-order chi connectivity index (χ0) is 14.1. The van der Waals surface area contributed by atoms with Crippen molar-refractivity contribution in [3.63, 3.8) is 0 Å². The van der Waals surface area contributed by atoms with Crippen LogP contribution in [0.2, 0.25) is 0 Å². The molecule has 1 saturated heterocycles. The average Bonchev–Trinajstić information content (AvgIpc) is 2.93. The summed E-state index contributed by atoms with van der Waals surface area (Å²) in [6, 6.07) is 5.12. The van der Waals surface area contributed by atoms with Gasteiger partial charge in [-0.2, -0.15) is 0 Å². The van der Waals surface area contributed by atoms with Crippen molar-refractivity contribution in [2.45, 2.75) is 19.4 Å².